The van der Waals surface area contributed by atoms with E-state index >= 15 is 0 Å². The molecule has 17 heavy (non-hydrogen) atoms. The van der Waals surface area contributed by atoms with Crippen LogP contribution in [-0.4, -0.2) is 30.4 Å². The minimum Gasteiger partial charge on any atom is -0.379 e. The monoisotopic (exact) mass is 237 g/mol. The van der Waals surface area contributed by atoms with E-state index < -0.39 is 0 Å². The van der Waals surface area contributed by atoms with Gasteiger partial charge in [-0.15, -0.1) is 0 Å². The minimum absolute atomic E-state index is 0.0974. The van der Waals surface area contributed by atoms with Gasteiger partial charge in [0.1, 0.15) is 11.6 Å². The topological polar surface area (TPSA) is 56.1 Å². The Balaban J connectivity index is 4.45. The number of nitrogens with zero attached hydrogens (tertiary/aromatic N) is 2. The van der Waals surface area contributed by atoms with E-state index in [9.17, 15) is 4.79 Å². The van der Waals surface area contributed by atoms with Crippen LogP contribution < -0.4 is 5.32 Å². The Morgan fingerprint density at radius 1 is 1.53 bits per heavy atom. The van der Waals surface area contributed by atoms with Crippen molar-refractivity contribution in [1.29, 1.82) is 5.26 Å². The van der Waals surface area contributed by atoms with Gasteiger partial charge in [0, 0.05) is 25.8 Å². The maximum atomic E-state index is 11.7. The van der Waals surface area contributed by atoms with Gasteiger partial charge in [-0.2, -0.15) is 5.26 Å². The number of nitrogens with one attached hydrogen (secondary N) is 1. The molecule has 0 aliphatic heterocycles. The van der Waals surface area contributed by atoms with E-state index in [2.05, 4.69) is 12.2 Å². The summed E-state index contributed by atoms with van der Waals surface area (Å²) in [4.78, 5) is 13.6. The number of hydrogen-bond acceptors (Lipinski definition) is 3. The van der Waals surface area contributed by atoms with Crippen molar-refractivity contribution >= 4 is 5.91 Å². The fraction of sp³-hybridized carbons (Fsp3) is 0.692. The highest BCUT2D eigenvalue weighted by molar-refractivity contribution is 5.97. The highest BCUT2D eigenvalue weighted by Gasteiger charge is 2.11. The summed E-state index contributed by atoms with van der Waals surface area (Å²) in [5.41, 5.74) is 0.170. The average molecular weight is 237 g/mol. The predicted molar refractivity (Wildman–Crippen MR) is 69.1 cm³/mol. The van der Waals surface area contributed by atoms with Crippen LogP contribution in [0.2, 0.25) is 0 Å². The fourth-order valence-electron chi connectivity index (χ4n) is 1.23. The number of nitriles is 1. The Morgan fingerprint density at radius 3 is 2.65 bits per heavy atom. The highest BCUT2D eigenvalue weighted by Crippen LogP contribution is 2.00. The van der Waals surface area contributed by atoms with Gasteiger partial charge >= 0.3 is 0 Å². The highest BCUT2D eigenvalue weighted by atomic mass is 16.1. The molecule has 0 radical (unpaired) electrons. The van der Waals surface area contributed by atoms with Crippen LogP contribution in [0, 0.1) is 11.3 Å². The lowest BCUT2D eigenvalue weighted by Crippen LogP contribution is -2.33. The summed E-state index contributed by atoms with van der Waals surface area (Å²) in [5, 5.41) is 11.7. The first-order chi connectivity index (χ1) is 8.04. The SMILES string of the molecule is CCCCN(C)/C=C(/C#N)C(=O)NC(C)CC. The lowest BCUT2D eigenvalue weighted by Gasteiger charge is -2.15. The second-order valence-corrected chi connectivity index (χ2v) is 4.27. The maximum absolute atomic E-state index is 11.7. The standard InChI is InChI=1S/C13H23N3O/c1-5-7-8-16(4)10-12(9-14)13(17)15-11(3)6-2/h10-11H,5-8H2,1-4H3,(H,15,17)/b12-10-. The third-order valence-corrected chi connectivity index (χ3v) is 2.57. The van der Waals surface area contributed by atoms with Gasteiger partial charge in [0.15, 0.2) is 0 Å². The van der Waals surface area contributed by atoms with Crippen molar-refractivity contribution in [2.75, 3.05) is 13.6 Å². The van der Waals surface area contributed by atoms with E-state index in [1.54, 1.807) is 6.20 Å². The Morgan fingerprint density at radius 2 is 2.18 bits per heavy atom. The Bertz CT molecular complexity index is 304. The van der Waals surface area contributed by atoms with Gasteiger partial charge in [-0.1, -0.05) is 20.3 Å². The molecule has 1 amide bonds. The van der Waals surface area contributed by atoms with Gasteiger partial charge < -0.3 is 10.2 Å². The molecule has 0 rings (SSSR count). The number of carbonyl (C=O) groups excluding carboxylic acids is 1. The van der Waals surface area contributed by atoms with Crippen molar-refractivity contribution in [2.24, 2.45) is 0 Å². The van der Waals surface area contributed by atoms with E-state index in [4.69, 9.17) is 5.26 Å². The molecule has 0 aromatic carbocycles. The number of carbonyl (C=O) groups is 1. The number of rotatable bonds is 7. The molecule has 0 spiro atoms. The van der Waals surface area contributed by atoms with E-state index in [1.165, 1.54) is 0 Å². The molecular weight excluding hydrogens is 214 g/mol. The molecule has 96 valence electrons. The van der Waals surface area contributed by atoms with Gasteiger partial charge in [0.25, 0.3) is 5.91 Å². The van der Waals surface area contributed by atoms with Crippen LogP contribution in [-0.2, 0) is 4.79 Å². The zero-order valence-electron chi connectivity index (χ0n) is 11.3. The molecule has 4 nitrogen and oxygen atoms in total. The molecule has 0 aliphatic rings. The van der Waals surface area contributed by atoms with Crippen LogP contribution in [0.1, 0.15) is 40.0 Å². The number of unbranched alkanes of at least 4 members (excludes halogenated alkanes) is 1. The average Bonchev–Trinajstić information content (AvgIpc) is 2.32. The summed E-state index contributed by atoms with van der Waals surface area (Å²) in [6, 6.07) is 2.04. The Kier molecular flexibility index (Phi) is 7.87. The third-order valence-electron chi connectivity index (χ3n) is 2.57. The lowest BCUT2D eigenvalue weighted by molar-refractivity contribution is -0.117. The molecule has 0 fully saturated rings. The zero-order chi connectivity index (χ0) is 13.3. The molecule has 0 saturated heterocycles. The van der Waals surface area contributed by atoms with Crippen molar-refractivity contribution in [2.45, 2.75) is 46.1 Å². The molecule has 0 aliphatic carbocycles. The molecule has 0 heterocycles. The first-order valence-electron chi connectivity index (χ1n) is 6.18. The molecule has 0 bridgehead atoms. The summed E-state index contributed by atoms with van der Waals surface area (Å²) in [5.74, 6) is -0.287. The van der Waals surface area contributed by atoms with Crippen molar-refractivity contribution in [3.63, 3.8) is 0 Å². The predicted octanol–water partition coefficient (Wildman–Crippen LogP) is 2.04. The van der Waals surface area contributed by atoms with Crippen molar-refractivity contribution < 1.29 is 4.79 Å². The van der Waals surface area contributed by atoms with Crippen LogP contribution in [0.5, 0.6) is 0 Å². The molecular formula is C13H23N3O. The van der Waals surface area contributed by atoms with Crippen molar-refractivity contribution in [3.8, 4) is 6.07 Å². The van der Waals surface area contributed by atoms with Crippen LogP contribution in [0.15, 0.2) is 11.8 Å². The zero-order valence-corrected chi connectivity index (χ0v) is 11.3. The van der Waals surface area contributed by atoms with Crippen LogP contribution in [0.25, 0.3) is 0 Å². The number of hydrogen-bond donors (Lipinski definition) is 1. The van der Waals surface area contributed by atoms with E-state index in [-0.39, 0.29) is 17.5 Å². The molecule has 4 heteroatoms. The van der Waals surface area contributed by atoms with E-state index in [1.807, 2.05) is 31.9 Å². The molecule has 1 unspecified atom stereocenters. The van der Waals surface area contributed by atoms with Crippen LogP contribution in [0.4, 0.5) is 0 Å². The third kappa shape index (κ3) is 6.62. The van der Waals surface area contributed by atoms with Gasteiger partial charge in [0.05, 0.1) is 0 Å². The molecule has 1 atom stereocenters. The van der Waals surface area contributed by atoms with Crippen LogP contribution >= 0.6 is 0 Å². The molecule has 0 saturated carbocycles. The van der Waals surface area contributed by atoms with E-state index in [0.29, 0.717) is 0 Å². The lowest BCUT2D eigenvalue weighted by atomic mass is 10.2. The largest absolute Gasteiger partial charge is 0.379 e. The summed E-state index contributed by atoms with van der Waals surface area (Å²) in [7, 11) is 1.88. The summed E-state index contributed by atoms with van der Waals surface area (Å²) in [6.45, 7) is 6.89. The van der Waals surface area contributed by atoms with Gasteiger partial charge in [-0.05, 0) is 19.8 Å². The van der Waals surface area contributed by atoms with Gasteiger partial charge in [0.2, 0.25) is 0 Å². The Labute approximate surface area is 104 Å². The normalized spacial score (nSPS) is 12.8. The van der Waals surface area contributed by atoms with Gasteiger partial charge in [-0.3, -0.25) is 4.79 Å². The van der Waals surface area contributed by atoms with Crippen molar-refractivity contribution in [3.05, 3.63) is 11.8 Å². The quantitative estimate of drug-likeness (QED) is 0.544. The van der Waals surface area contributed by atoms with Gasteiger partial charge in [-0.25, -0.2) is 0 Å². The summed E-state index contributed by atoms with van der Waals surface area (Å²) >= 11 is 0. The second-order valence-electron chi connectivity index (χ2n) is 4.27. The minimum atomic E-state index is -0.287. The van der Waals surface area contributed by atoms with E-state index in [0.717, 1.165) is 25.8 Å². The summed E-state index contributed by atoms with van der Waals surface area (Å²) < 4.78 is 0. The molecule has 0 aromatic rings. The molecule has 0 aromatic heterocycles. The first kappa shape index (κ1) is 15.5. The fourth-order valence-corrected chi connectivity index (χ4v) is 1.23. The smallest absolute Gasteiger partial charge is 0.263 e. The van der Waals surface area contributed by atoms with Crippen LogP contribution in [0.3, 0.4) is 0 Å². The molecule has 1 N–H and O–H groups in total. The first-order valence-corrected chi connectivity index (χ1v) is 6.18. The van der Waals surface area contributed by atoms with Crippen molar-refractivity contribution in [1.82, 2.24) is 10.2 Å². The second kappa shape index (κ2) is 8.63. The number of amides is 1. The Hall–Kier alpha value is -1.50. The summed E-state index contributed by atoms with van der Waals surface area (Å²) in [6.07, 6.45) is 4.63. The maximum Gasteiger partial charge on any atom is 0.263 e.